The molecular weight excluding hydrogens is 595 g/mol. The number of hydrogen-bond acceptors (Lipinski definition) is 2. The average molecular weight is 624 g/mol. The van der Waals surface area contributed by atoms with E-state index in [2.05, 4.69) is 174 Å². The summed E-state index contributed by atoms with van der Waals surface area (Å²) in [7, 11) is 0. The van der Waals surface area contributed by atoms with Crippen LogP contribution in [0.5, 0.6) is 0 Å². The van der Waals surface area contributed by atoms with Crippen LogP contribution in [0.1, 0.15) is 0 Å². The van der Waals surface area contributed by atoms with Crippen LogP contribution in [0.25, 0.3) is 93.7 Å². The third-order valence-electron chi connectivity index (χ3n) is 9.79. The zero-order valence-electron chi connectivity index (χ0n) is 26.6. The maximum atomic E-state index is 5.30. The van der Waals surface area contributed by atoms with Crippen molar-refractivity contribution in [2.45, 2.75) is 0 Å². The highest BCUT2D eigenvalue weighted by molar-refractivity contribution is 6.15. The minimum absolute atomic E-state index is 0.719. The van der Waals surface area contributed by atoms with Crippen molar-refractivity contribution in [1.82, 2.24) is 14.5 Å². The first-order chi connectivity index (χ1) is 24.3. The quantitative estimate of drug-likeness (QED) is 0.195. The highest BCUT2D eigenvalue weighted by Gasteiger charge is 2.18. The molecule has 0 radical (unpaired) electrons. The fourth-order valence-corrected chi connectivity index (χ4v) is 7.46. The molecule has 0 amide bonds. The Labute approximate surface area is 283 Å². The van der Waals surface area contributed by atoms with E-state index in [1.807, 2.05) is 6.07 Å². The van der Waals surface area contributed by atoms with E-state index < -0.39 is 0 Å². The zero-order valence-corrected chi connectivity index (χ0v) is 26.6. The fraction of sp³-hybridized carbons (Fsp3) is 0. The maximum absolute atomic E-state index is 5.30. The SMILES string of the molecule is c1ccc(-c2ccc(-c3nc(-c4ccc(-n5c6ccccc6c6cc7ccccc7cc65)c5ccccc45)nc4ccccc34)cc2)cc1. The van der Waals surface area contributed by atoms with Crippen LogP contribution in [0.4, 0.5) is 0 Å². The standard InChI is InChI=1S/C46H29N3/c1-2-12-30(13-3-1)31-22-24-32(25-23-31)45-39-19-8-10-20-41(39)47-46(48-45)38-26-27-43(36-17-7-6-16-35(36)38)49-42-21-11-9-18-37(42)40-28-33-14-4-5-15-34(33)29-44(40)49/h1-29H. The number of hydrogen-bond donors (Lipinski definition) is 0. The number of fused-ring (bicyclic) bond motifs is 6. The molecule has 8 aromatic carbocycles. The molecule has 3 nitrogen and oxygen atoms in total. The molecule has 0 saturated heterocycles. The monoisotopic (exact) mass is 623 g/mol. The number of benzene rings is 8. The molecule has 10 aromatic rings. The van der Waals surface area contributed by atoms with Gasteiger partial charge in [-0.3, -0.25) is 0 Å². The van der Waals surface area contributed by atoms with E-state index >= 15 is 0 Å². The Bertz CT molecular complexity index is 2870. The third kappa shape index (κ3) is 4.44. The van der Waals surface area contributed by atoms with E-state index in [9.17, 15) is 0 Å². The first-order valence-corrected chi connectivity index (χ1v) is 16.7. The minimum Gasteiger partial charge on any atom is -0.309 e. The molecule has 0 atom stereocenters. The van der Waals surface area contributed by atoms with Crippen LogP contribution in [0, 0.1) is 0 Å². The van der Waals surface area contributed by atoms with Gasteiger partial charge in [-0.05, 0) is 63.7 Å². The maximum Gasteiger partial charge on any atom is 0.161 e. The molecule has 10 rings (SSSR count). The Morgan fingerprint density at radius 1 is 0.367 bits per heavy atom. The molecule has 0 saturated carbocycles. The Hall–Kier alpha value is -6.58. The van der Waals surface area contributed by atoms with E-state index in [1.54, 1.807) is 0 Å². The molecule has 0 fully saturated rings. The molecule has 0 bridgehead atoms. The predicted octanol–water partition coefficient (Wildman–Crippen LogP) is 12.0. The first-order valence-electron chi connectivity index (χ1n) is 16.7. The Balaban J connectivity index is 1.18. The Morgan fingerprint density at radius 3 is 1.80 bits per heavy atom. The summed E-state index contributed by atoms with van der Waals surface area (Å²) in [6.45, 7) is 0. The van der Waals surface area contributed by atoms with Gasteiger partial charge in [0.2, 0.25) is 0 Å². The van der Waals surface area contributed by atoms with Gasteiger partial charge < -0.3 is 4.57 Å². The lowest BCUT2D eigenvalue weighted by Gasteiger charge is -2.15. The van der Waals surface area contributed by atoms with E-state index in [4.69, 9.17) is 9.97 Å². The van der Waals surface area contributed by atoms with E-state index in [1.165, 1.54) is 43.7 Å². The number of rotatable bonds is 4. The Morgan fingerprint density at radius 2 is 0.980 bits per heavy atom. The van der Waals surface area contributed by atoms with Gasteiger partial charge >= 0.3 is 0 Å². The number of aromatic nitrogens is 3. The largest absolute Gasteiger partial charge is 0.309 e. The van der Waals surface area contributed by atoms with Gasteiger partial charge in [-0.25, -0.2) is 9.97 Å². The lowest BCUT2D eigenvalue weighted by atomic mass is 9.99. The summed E-state index contributed by atoms with van der Waals surface area (Å²) in [5.41, 5.74) is 9.84. The number of para-hydroxylation sites is 2. The highest BCUT2D eigenvalue weighted by Crippen LogP contribution is 2.39. The van der Waals surface area contributed by atoms with Crippen LogP contribution in [0.2, 0.25) is 0 Å². The van der Waals surface area contributed by atoms with Crippen LogP contribution < -0.4 is 0 Å². The summed E-state index contributed by atoms with van der Waals surface area (Å²) in [6.07, 6.45) is 0. The summed E-state index contributed by atoms with van der Waals surface area (Å²) in [5, 5.41) is 8.29. The van der Waals surface area contributed by atoms with Crippen molar-refractivity contribution < 1.29 is 0 Å². The molecule has 0 N–H and O–H groups in total. The summed E-state index contributed by atoms with van der Waals surface area (Å²) < 4.78 is 2.42. The van der Waals surface area contributed by atoms with Crippen LogP contribution in [0.15, 0.2) is 176 Å². The second-order valence-corrected chi connectivity index (χ2v) is 12.6. The van der Waals surface area contributed by atoms with Crippen molar-refractivity contribution in [3.8, 4) is 39.5 Å². The topological polar surface area (TPSA) is 30.7 Å². The third-order valence-corrected chi connectivity index (χ3v) is 9.79. The minimum atomic E-state index is 0.719. The molecule has 0 unspecified atom stereocenters. The van der Waals surface area contributed by atoms with E-state index in [0.29, 0.717) is 0 Å². The van der Waals surface area contributed by atoms with Crippen molar-refractivity contribution in [2.24, 2.45) is 0 Å². The zero-order chi connectivity index (χ0) is 32.3. The van der Waals surface area contributed by atoms with Gasteiger partial charge in [0.05, 0.1) is 27.9 Å². The summed E-state index contributed by atoms with van der Waals surface area (Å²) in [4.78, 5) is 10.5. The van der Waals surface area contributed by atoms with Gasteiger partial charge in [-0.15, -0.1) is 0 Å². The van der Waals surface area contributed by atoms with Gasteiger partial charge in [0.1, 0.15) is 0 Å². The molecule has 49 heavy (non-hydrogen) atoms. The van der Waals surface area contributed by atoms with E-state index in [0.717, 1.165) is 50.0 Å². The van der Waals surface area contributed by atoms with Crippen molar-refractivity contribution in [2.75, 3.05) is 0 Å². The lowest BCUT2D eigenvalue weighted by Crippen LogP contribution is -1.99. The average Bonchev–Trinajstić information content (AvgIpc) is 3.49. The molecule has 0 aliphatic carbocycles. The molecule has 3 heteroatoms. The smallest absolute Gasteiger partial charge is 0.161 e. The molecule has 0 aliphatic rings. The van der Waals surface area contributed by atoms with Gasteiger partial charge in [-0.2, -0.15) is 0 Å². The van der Waals surface area contributed by atoms with Gasteiger partial charge in [-0.1, -0.05) is 140 Å². The second kappa shape index (κ2) is 11.0. The molecular formula is C46H29N3. The normalized spacial score (nSPS) is 11.7. The van der Waals surface area contributed by atoms with Gasteiger partial charge in [0, 0.05) is 32.7 Å². The molecule has 0 spiro atoms. The summed E-state index contributed by atoms with van der Waals surface area (Å²) in [5.74, 6) is 0.719. The van der Waals surface area contributed by atoms with Crippen LogP contribution in [0.3, 0.4) is 0 Å². The van der Waals surface area contributed by atoms with Crippen molar-refractivity contribution in [3.63, 3.8) is 0 Å². The van der Waals surface area contributed by atoms with Crippen molar-refractivity contribution >= 4 is 54.3 Å². The van der Waals surface area contributed by atoms with E-state index in [-0.39, 0.29) is 0 Å². The van der Waals surface area contributed by atoms with Gasteiger partial charge in [0.15, 0.2) is 5.82 Å². The molecule has 228 valence electrons. The fourth-order valence-electron chi connectivity index (χ4n) is 7.46. The summed E-state index contributed by atoms with van der Waals surface area (Å²) >= 11 is 0. The number of nitrogens with zero attached hydrogens (tertiary/aromatic N) is 3. The second-order valence-electron chi connectivity index (χ2n) is 12.6. The Kier molecular flexibility index (Phi) is 6.18. The summed E-state index contributed by atoms with van der Waals surface area (Å²) in [6, 6.07) is 62.6. The lowest BCUT2D eigenvalue weighted by molar-refractivity contribution is 1.19. The molecule has 2 aromatic heterocycles. The van der Waals surface area contributed by atoms with Crippen LogP contribution in [-0.2, 0) is 0 Å². The van der Waals surface area contributed by atoms with Crippen LogP contribution >= 0.6 is 0 Å². The van der Waals surface area contributed by atoms with Gasteiger partial charge in [0.25, 0.3) is 0 Å². The molecule has 2 heterocycles. The first kappa shape index (κ1) is 27.5. The predicted molar refractivity (Wildman–Crippen MR) is 205 cm³/mol. The highest BCUT2D eigenvalue weighted by atomic mass is 15.0. The van der Waals surface area contributed by atoms with Crippen molar-refractivity contribution in [1.29, 1.82) is 0 Å². The van der Waals surface area contributed by atoms with Crippen LogP contribution in [-0.4, -0.2) is 14.5 Å². The molecule has 0 aliphatic heterocycles. The van der Waals surface area contributed by atoms with Crippen molar-refractivity contribution in [3.05, 3.63) is 176 Å².